The molecule has 136 valence electrons. The molecule has 0 radical (unpaired) electrons. The molecule has 5 nitrogen and oxygen atoms in total. The second kappa shape index (κ2) is 8.15. The second-order valence-corrected chi connectivity index (χ2v) is 6.78. The molecule has 0 spiro atoms. The number of carbonyl (C=O) groups excluding carboxylic acids is 2. The van der Waals surface area contributed by atoms with Crippen LogP contribution in [0.15, 0.2) is 54.6 Å². The van der Waals surface area contributed by atoms with E-state index in [9.17, 15) is 9.59 Å². The highest BCUT2D eigenvalue weighted by molar-refractivity contribution is 5.94. The number of rotatable bonds is 4. The lowest BCUT2D eigenvalue weighted by molar-refractivity contribution is -0.134. The minimum Gasteiger partial charge on any atom is -0.338 e. The first-order valence-electron chi connectivity index (χ1n) is 8.99. The Kier molecular flexibility index (Phi) is 5.68. The number of amides is 2. The number of piperazine rings is 1. The Bertz CT molecular complexity index is 768. The summed E-state index contributed by atoms with van der Waals surface area (Å²) in [7, 11) is 0. The van der Waals surface area contributed by atoms with Crippen molar-refractivity contribution in [2.75, 3.05) is 26.2 Å². The van der Waals surface area contributed by atoms with Crippen molar-refractivity contribution in [2.24, 2.45) is 5.73 Å². The third-order valence-electron chi connectivity index (χ3n) is 4.75. The lowest BCUT2D eigenvalue weighted by Crippen LogP contribution is -2.54. The third kappa shape index (κ3) is 4.29. The van der Waals surface area contributed by atoms with Gasteiger partial charge in [0.25, 0.3) is 5.91 Å². The van der Waals surface area contributed by atoms with E-state index in [1.165, 1.54) is 0 Å². The smallest absolute Gasteiger partial charge is 0.253 e. The van der Waals surface area contributed by atoms with Gasteiger partial charge in [-0.15, -0.1) is 0 Å². The zero-order valence-corrected chi connectivity index (χ0v) is 15.1. The van der Waals surface area contributed by atoms with Gasteiger partial charge in [-0.3, -0.25) is 9.59 Å². The third-order valence-corrected chi connectivity index (χ3v) is 4.75. The Morgan fingerprint density at radius 3 is 2.27 bits per heavy atom. The molecule has 26 heavy (non-hydrogen) atoms. The summed E-state index contributed by atoms with van der Waals surface area (Å²) >= 11 is 0. The molecule has 1 aliphatic heterocycles. The molecule has 1 saturated heterocycles. The number of hydrogen-bond donors (Lipinski definition) is 1. The topological polar surface area (TPSA) is 66.6 Å². The molecule has 1 heterocycles. The van der Waals surface area contributed by atoms with Gasteiger partial charge in [-0.2, -0.15) is 0 Å². The number of aryl methyl sites for hydroxylation is 1. The Labute approximate surface area is 154 Å². The highest BCUT2D eigenvalue weighted by atomic mass is 16.2. The van der Waals surface area contributed by atoms with Gasteiger partial charge in [0, 0.05) is 31.7 Å². The molecule has 2 N–H and O–H groups in total. The van der Waals surface area contributed by atoms with Crippen LogP contribution >= 0.6 is 0 Å². The first-order valence-corrected chi connectivity index (χ1v) is 8.99. The van der Waals surface area contributed by atoms with Crippen LogP contribution in [0.2, 0.25) is 0 Å². The molecule has 0 aliphatic carbocycles. The quantitative estimate of drug-likeness (QED) is 0.914. The first-order chi connectivity index (χ1) is 12.5. The van der Waals surface area contributed by atoms with Gasteiger partial charge in [-0.05, 0) is 31.0 Å². The minimum atomic E-state index is -0.548. The van der Waals surface area contributed by atoms with E-state index in [-0.39, 0.29) is 11.8 Å². The molecule has 0 saturated carbocycles. The number of nitrogens with two attached hydrogens (primary N) is 1. The maximum absolute atomic E-state index is 12.6. The van der Waals surface area contributed by atoms with Gasteiger partial charge in [-0.25, -0.2) is 0 Å². The molecule has 2 aromatic carbocycles. The highest BCUT2D eigenvalue weighted by Gasteiger charge is 2.27. The minimum absolute atomic E-state index is 0.0155. The Balaban J connectivity index is 1.54. The van der Waals surface area contributed by atoms with Crippen LogP contribution in [-0.4, -0.2) is 53.8 Å². The first kappa shape index (κ1) is 18.1. The van der Waals surface area contributed by atoms with Crippen molar-refractivity contribution in [2.45, 2.75) is 19.4 Å². The zero-order chi connectivity index (χ0) is 18.5. The second-order valence-electron chi connectivity index (χ2n) is 6.78. The van der Waals surface area contributed by atoms with E-state index in [1.807, 2.05) is 55.5 Å². The fourth-order valence-electron chi connectivity index (χ4n) is 3.31. The van der Waals surface area contributed by atoms with Crippen molar-refractivity contribution >= 4 is 11.8 Å². The number of benzene rings is 2. The van der Waals surface area contributed by atoms with Crippen LogP contribution in [-0.2, 0) is 11.2 Å². The van der Waals surface area contributed by atoms with E-state index in [1.54, 1.807) is 9.80 Å². The van der Waals surface area contributed by atoms with E-state index in [2.05, 4.69) is 6.07 Å². The summed E-state index contributed by atoms with van der Waals surface area (Å²) in [4.78, 5) is 28.7. The summed E-state index contributed by atoms with van der Waals surface area (Å²) in [6.45, 7) is 4.16. The summed E-state index contributed by atoms with van der Waals surface area (Å²) < 4.78 is 0. The van der Waals surface area contributed by atoms with Crippen molar-refractivity contribution in [1.82, 2.24) is 9.80 Å². The van der Waals surface area contributed by atoms with Gasteiger partial charge in [0.05, 0.1) is 6.04 Å². The van der Waals surface area contributed by atoms with E-state index in [0.29, 0.717) is 38.2 Å². The average Bonchev–Trinajstić information content (AvgIpc) is 2.67. The molecule has 1 aliphatic rings. The van der Waals surface area contributed by atoms with Gasteiger partial charge in [0.15, 0.2) is 0 Å². The molecular weight excluding hydrogens is 326 g/mol. The van der Waals surface area contributed by atoms with E-state index >= 15 is 0 Å². The van der Waals surface area contributed by atoms with E-state index in [4.69, 9.17) is 5.73 Å². The number of carbonyl (C=O) groups is 2. The highest BCUT2D eigenvalue weighted by Crippen LogP contribution is 2.11. The molecule has 1 fully saturated rings. The van der Waals surface area contributed by atoms with Gasteiger partial charge < -0.3 is 15.5 Å². The van der Waals surface area contributed by atoms with Crippen LogP contribution in [0.4, 0.5) is 0 Å². The van der Waals surface area contributed by atoms with Crippen molar-refractivity contribution in [3.8, 4) is 0 Å². The van der Waals surface area contributed by atoms with Crippen LogP contribution in [0, 0.1) is 6.92 Å². The molecule has 3 rings (SSSR count). The maximum atomic E-state index is 12.6. The van der Waals surface area contributed by atoms with Crippen LogP contribution in [0.25, 0.3) is 0 Å². The predicted molar refractivity (Wildman–Crippen MR) is 102 cm³/mol. The molecule has 2 aromatic rings. The Morgan fingerprint density at radius 1 is 0.962 bits per heavy atom. The number of nitrogens with zero attached hydrogens (tertiary/aromatic N) is 2. The predicted octanol–water partition coefficient (Wildman–Crippen LogP) is 1.85. The number of hydrogen-bond acceptors (Lipinski definition) is 3. The van der Waals surface area contributed by atoms with E-state index < -0.39 is 6.04 Å². The van der Waals surface area contributed by atoms with E-state index in [0.717, 1.165) is 11.1 Å². The SMILES string of the molecule is Cc1cccc(CC(N)C(=O)N2CCN(C(=O)c3ccccc3)CC2)c1. The van der Waals surface area contributed by atoms with Gasteiger partial charge in [0.1, 0.15) is 0 Å². The van der Waals surface area contributed by atoms with Crippen LogP contribution < -0.4 is 5.73 Å². The lowest BCUT2D eigenvalue weighted by atomic mass is 10.0. The normalized spacial score (nSPS) is 15.6. The molecule has 2 amide bonds. The Morgan fingerprint density at radius 2 is 1.62 bits per heavy atom. The van der Waals surface area contributed by atoms with Crippen molar-refractivity contribution in [1.29, 1.82) is 0 Å². The largest absolute Gasteiger partial charge is 0.338 e. The molecule has 0 bridgehead atoms. The van der Waals surface area contributed by atoms with Crippen molar-refractivity contribution in [3.05, 3.63) is 71.3 Å². The summed E-state index contributed by atoms with van der Waals surface area (Å²) in [6, 6.07) is 16.8. The zero-order valence-electron chi connectivity index (χ0n) is 15.1. The summed E-state index contributed by atoms with van der Waals surface area (Å²) in [5.74, 6) is -0.0277. The molecule has 1 unspecified atom stereocenters. The van der Waals surface area contributed by atoms with Crippen LogP contribution in [0.3, 0.4) is 0 Å². The van der Waals surface area contributed by atoms with Crippen LogP contribution in [0.1, 0.15) is 21.5 Å². The molecular formula is C21H25N3O2. The van der Waals surface area contributed by atoms with Crippen molar-refractivity contribution < 1.29 is 9.59 Å². The lowest BCUT2D eigenvalue weighted by Gasteiger charge is -2.36. The summed E-state index contributed by atoms with van der Waals surface area (Å²) in [5, 5.41) is 0. The van der Waals surface area contributed by atoms with Gasteiger partial charge >= 0.3 is 0 Å². The monoisotopic (exact) mass is 351 g/mol. The molecule has 1 atom stereocenters. The van der Waals surface area contributed by atoms with Crippen molar-refractivity contribution in [3.63, 3.8) is 0 Å². The summed E-state index contributed by atoms with van der Waals surface area (Å²) in [6.07, 6.45) is 0.531. The standard InChI is InChI=1S/C21H25N3O2/c1-16-6-5-7-17(14-16)15-19(22)21(26)24-12-10-23(11-13-24)20(25)18-8-3-2-4-9-18/h2-9,14,19H,10-13,15,22H2,1H3. The Hall–Kier alpha value is -2.66. The maximum Gasteiger partial charge on any atom is 0.253 e. The fourth-order valence-corrected chi connectivity index (χ4v) is 3.31. The van der Waals surface area contributed by atoms with Gasteiger partial charge in [-0.1, -0.05) is 48.0 Å². The fraction of sp³-hybridized carbons (Fsp3) is 0.333. The van der Waals surface area contributed by atoms with Crippen LogP contribution in [0.5, 0.6) is 0 Å². The molecule has 0 aromatic heterocycles. The van der Waals surface area contributed by atoms with Gasteiger partial charge in [0.2, 0.25) is 5.91 Å². The molecule has 5 heteroatoms. The summed E-state index contributed by atoms with van der Waals surface area (Å²) in [5.41, 5.74) is 9.06. The average molecular weight is 351 g/mol.